The molecule has 1 saturated heterocycles. The van der Waals surface area contributed by atoms with E-state index in [1.165, 1.54) is 27.7 Å². The number of piperidine rings is 1. The fraction of sp³-hybridized carbons (Fsp3) is 0.308. The van der Waals surface area contributed by atoms with E-state index in [1.54, 1.807) is 0 Å². The number of fused-ring (bicyclic) bond motifs is 2. The number of rotatable bonds is 4. The van der Waals surface area contributed by atoms with Crippen LogP contribution in [0.25, 0.3) is 22.2 Å². The normalized spacial score (nSPS) is 17.0. The standard InChI is InChI=1S/C26H26N4O/c1-2-4-23-18(3-1)7-11-27-25(23)19-8-12-30(13-9-19)17-22-16-28-26(29-22)21-5-6-24-20(15-21)10-14-31-24/h1-7,11,15-16,19H,8-10,12-14,17H2,(H,28,29). The second-order valence-corrected chi connectivity index (χ2v) is 8.65. The van der Waals surface area contributed by atoms with Gasteiger partial charge in [0.2, 0.25) is 0 Å². The minimum absolute atomic E-state index is 0.535. The van der Waals surface area contributed by atoms with Crippen LogP contribution in [0.4, 0.5) is 0 Å². The Balaban J connectivity index is 1.12. The fourth-order valence-corrected chi connectivity index (χ4v) is 4.99. The van der Waals surface area contributed by atoms with Gasteiger partial charge in [-0.15, -0.1) is 0 Å². The average molecular weight is 411 g/mol. The molecule has 0 aliphatic carbocycles. The Morgan fingerprint density at radius 1 is 1.03 bits per heavy atom. The van der Waals surface area contributed by atoms with Crippen molar-refractivity contribution in [3.8, 4) is 17.1 Å². The Morgan fingerprint density at radius 3 is 2.87 bits per heavy atom. The summed E-state index contributed by atoms with van der Waals surface area (Å²) in [5, 5.41) is 2.60. The summed E-state index contributed by atoms with van der Waals surface area (Å²) in [6.07, 6.45) is 7.22. The fourth-order valence-electron chi connectivity index (χ4n) is 4.99. The lowest BCUT2D eigenvalue weighted by molar-refractivity contribution is 0.202. The number of aromatic nitrogens is 3. The van der Waals surface area contributed by atoms with E-state index in [0.29, 0.717) is 5.92 Å². The first kappa shape index (κ1) is 18.6. The van der Waals surface area contributed by atoms with Gasteiger partial charge in [-0.1, -0.05) is 24.3 Å². The van der Waals surface area contributed by atoms with E-state index in [-0.39, 0.29) is 0 Å². The average Bonchev–Trinajstić information content (AvgIpc) is 3.48. The molecule has 2 aromatic carbocycles. The van der Waals surface area contributed by atoms with Gasteiger partial charge in [-0.05, 0) is 61.1 Å². The van der Waals surface area contributed by atoms with E-state index < -0.39 is 0 Å². The number of hydrogen-bond donors (Lipinski definition) is 1. The number of aromatic amines is 1. The number of nitrogens with zero attached hydrogens (tertiary/aromatic N) is 3. The minimum atomic E-state index is 0.535. The zero-order valence-corrected chi connectivity index (χ0v) is 17.6. The molecule has 0 amide bonds. The molecule has 0 saturated carbocycles. The predicted octanol–water partition coefficient (Wildman–Crippen LogP) is 4.94. The number of H-pyrrole nitrogens is 1. The molecule has 6 rings (SSSR count). The summed E-state index contributed by atoms with van der Waals surface area (Å²) < 4.78 is 5.62. The molecule has 1 N–H and O–H groups in total. The van der Waals surface area contributed by atoms with Gasteiger partial charge in [0.15, 0.2) is 0 Å². The van der Waals surface area contributed by atoms with E-state index in [4.69, 9.17) is 9.72 Å². The summed E-state index contributed by atoms with van der Waals surface area (Å²) in [4.78, 5) is 15.5. The second kappa shape index (κ2) is 7.82. The first-order chi connectivity index (χ1) is 15.3. The lowest BCUT2D eigenvalue weighted by atomic mass is 9.90. The lowest BCUT2D eigenvalue weighted by Gasteiger charge is -2.31. The number of hydrogen-bond acceptors (Lipinski definition) is 4. The Labute approximate surface area is 182 Å². The number of pyridine rings is 1. The van der Waals surface area contributed by atoms with Gasteiger partial charge in [0.1, 0.15) is 11.6 Å². The van der Waals surface area contributed by atoms with Crippen molar-refractivity contribution in [2.75, 3.05) is 19.7 Å². The maximum Gasteiger partial charge on any atom is 0.137 e. The molecule has 156 valence electrons. The van der Waals surface area contributed by atoms with Crippen LogP contribution in [0.2, 0.25) is 0 Å². The maximum atomic E-state index is 5.62. The van der Waals surface area contributed by atoms with Crippen molar-refractivity contribution in [2.45, 2.75) is 31.7 Å². The van der Waals surface area contributed by atoms with E-state index in [0.717, 1.165) is 62.6 Å². The van der Waals surface area contributed by atoms with Crippen molar-refractivity contribution in [3.05, 3.63) is 77.9 Å². The summed E-state index contributed by atoms with van der Waals surface area (Å²) in [6.45, 7) is 3.86. The molecule has 0 radical (unpaired) electrons. The van der Waals surface area contributed by atoms with Crippen LogP contribution in [0.15, 0.2) is 60.9 Å². The maximum absolute atomic E-state index is 5.62. The molecule has 0 unspecified atom stereocenters. The smallest absolute Gasteiger partial charge is 0.137 e. The highest BCUT2D eigenvalue weighted by Gasteiger charge is 2.23. The number of likely N-dealkylation sites (tertiary alicyclic amines) is 1. The highest BCUT2D eigenvalue weighted by atomic mass is 16.5. The molecule has 2 aromatic heterocycles. The molecule has 4 heterocycles. The number of imidazole rings is 1. The van der Waals surface area contributed by atoms with Gasteiger partial charge >= 0.3 is 0 Å². The number of benzene rings is 2. The Morgan fingerprint density at radius 2 is 1.94 bits per heavy atom. The van der Waals surface area contributed by atoms with Gasteiger partial charge in [0.05, 0.1) is 12.3 Å². The molecule has 2 aliphatic rings. The van der Waals surface area contributed by atoms with Crippen LogP contribution in [-0.4, -0.2) is 39.5 Å². The van der Waals surface area contributed by atoms with Crippen LogP contribution < -0.4 is 4.74 Å². The van der Waals surface area contributed by atoms with Crippen molar-refractivity contribution in [2.24, 2.45) is 0 Å². The SMILES string of the molecule is c1ccc2c(C3CCN(Cc4cnc(-c5ccc6c(c5)CCO6)[nH]4)CC3)nccc2c1. The van der Waals surface area contributed by atoms with Crippen LogP contribution in [0.1, 0.15) is 35.7 Å². The first-order valence-electron chi connectivity index (χ1n) is 11.2. The van der Waals surface area contributed by atoms with E-state index >= 15 is 0 Å². The summed E-state index contributed by atoms with van der Waals surface area (Å²) in [7, 11) is 0. The third-order valence-corrected chi connectivity index (χ3v) is 6.66. The Hall–Kier alpha value is -3.18. The van der Waals surface area contributed by atoms with Crippen molar-refractivity contribution in [3.63, 3.8) is 0 Å². The first-order valence-corrected chi connectivity index (χ1v) is 11.2. The van der Waals surface area contributed by atoms with Crippen LogP contribution in [-0.2, 0) is 13.0 Å². The van der Waals surface area contributed by atoms with E-state index in [9.17, 15) is 0 Å². The highest BCUT2D eigenvalue weighted by Crippen LogP contribution is 2.32. The lowest BCUT2D eigenvalue weighted by Crippen LogP contribution is -2.32. The molecule has 0 atom stereocenters. The molecular weight excluding hydrogens is 384 g/mol. The van der Waals surface area contributed by atoms with Crippen LogP contribution in [0.3, 0.4) is 0 Å². The highest BCUT2D eigenvalue weighted by molar-refractivity contribution is 5.84. The minimum Gasteiger partial charge on any atom is -0.493 e. The van der Waals surface area contributed by atoms with Gasteiger partial charge in [0, 0.05) is 47.9 Å². The van der Waals surface area contributed by atoms with Crippen molar-refractivity contribution < 1.29 is 4.74 Å². The molecule has 0 spiro atoms. The van der Waals surface area contributed by atoms with Gasteiger partial charge in [-0.25, -0.2) is 4.98 Å². The van der Waals surface area contributed by atoms with Gasteiger partial charge in [-0.3, -0.25) is 9.88 Å². The molecule has 1 fully saturated rings. The zero-order valence-electron chi connectivity index (χ0n) is 17.6. The summed E-state index contributed by atoms with van der Waals surface area (Å²) >= 11 is 0. The topological polar surface area (TPSA) is 54.0 Å². The summed E-state index contributed by atoms with van der Waals surface area (Å²) in [5.74, 6) is 2.49. The van der Waals surface area contributed by atoms with E-state index in [1.807, 2.05) is 12.4 Å². The number of ether oxygens (including phenoxy) is 1. The third kappa shape index (κ3) is 3.59. The Kier molecular flexibility index (Phi) is 4.69. The van der Waals surface area contributed by atoms with Crippen LogP contribution >= 0.6 is 0 Å². The zero-order chi connectivity index (χ0) is 20.6. The third-order valence-electron chi connectivity index (χ3n) is 6.66. The van der Waals surface area contributed by atoms with Crippen molar-refractivity contribution in [1.29, 1.82) is 0 Å². The van der Waals surface area contributed by atoms with Gasteiger partial charge in [-0.2, -0.15) is 0 Å². The Bertz CT molecular complexity index is 1220. The van der Waals surface area contributed by atoms with Crippen molar-refractivity contribution in [1.82, 2.24) is 19.9 Å². The molecule has 2 aliphatic heterocycles. The van der Waals surface area contributed by atoms with Crippen molar-refractivity contribution >= 4 is 10.8 Å². The van der Waals surface area contributed by atoms with Crippen LogP contribution in [0.5, 0.6) is 5.75 Å². The number of nitrogens with one attached hydrogen (secondary N) is 1. The van der Waals surface area contributed by atoms with Gasteiger partial charge < -0.3 is 9.72 Å². The summed E-state index contributed by atoms with van der Waals surface area (Å²) in [6, 6.07) is 17.1. The molecule has 31 heavy (non-hydrogen) atoms. The van der Waals surface area contributed by atoms with E-state index in [2.05, 4.69) is 63.4 Å². The molecule has 5 heteroatoms. The quantitative estimate of drug-likeness (QED) is 0.518. The molecule has 0 bridgehead atoms. The summed E-state index contributed by atoms with van der Waals surface area (Å²) in [5.41, 5.74) is 4.85. The molecule has 4 aromatic rings. The second-order valence-electron chi connectivity index (χ2n) is 8.65. The predicted molar refractivity (Wildman–Crippen MR) is 122 cm³/mol. The van der Waals surface area contributed by atoms with Gasteiger partial charge in [0.25, 0.3) is 0 Å². The molecular formula is C26H26N4O. The van der Waals surface area contributed by atoms with Crippen LogP contribution in [0, 0.1) is 0 Å². The molecule has 5 nitrogen and oxygen atoms in total. The monoisotopic (exact) mass is 410 g/mol. The largest absolute Gasteiger partial charge is 0.493 e.